The molecule has 0 N–H and O–H groups in total. The number of hydrogen-bond donors (Lipinski definition) is 0. The third-order valence-electron chi connectivity index (χ3n) is 11.0. The minimum atomic E-state index is 0.105. The van der Waals surface area contributed by atoms with Crippen LogP contribution in [-0.2, 0) is 10.8 Å². The second-order valence-electron chi connectivity index (χ2n) is 16.6. The molecule has 7 aromatic carbocycles. The molecule has 248 valence electrons. The molecule has 50 heavy (non-hydrogen) atoms. The van der Waals surface area contributed by atoms with Gasteiger partial charge in [0.05, 0.1) is 0 Å². The fourth-order valence-corrected chi connectivity index (χ4v) is 7.59. The molecule has 0 unspecified atom stereocenters. The van der Waals surface area contributed by atoms with Crippen molar-refractivity contribution in [2.24, 2.45) is 0 Å². The van der Waals surface area contributed by atoms with E-state index >= 15 is 0 Å². The Morgan fingerprint density at radius 3 is 1.30 bits per heavy atom. The Morgan fingerprint density at radius 2 is 0.780 bits per heavy atom. The van der Waals surface area contributed by atoms with Crippen molar-refractivity contribution in [1.29, 1.82) is 0 Å². The maximum atomic E-state index is 2.42. The van der Waals surface area contributed by atoms with Crippen molar-refractivity contribution in [1.82, 2.24) is 0 Å². The molecule has 0 spiro atoms. The molecule has 0 fully saturated rings. The maximum absolute atomic E-state index is 2.42. The number of fused-ring (bicyclic) bond motifs is 6. The Bertz CT molecular complexity index is 2420. The van der Waals surface area contributed by atoms with E-state index in [1.54, 1.807) is 0 Å². The van der Waals surface area contributed by atoms with Crippen LogP contribution in [0.15, 0.2) is 121 Å². The summed E-state index contributed by atoms with van der Waals surface area (Å²) in [6.45, 7) is 20.3. The zero-order valence-corrected chi connectivity index (χ0v) is 31.0. The summed E-state index contributed by atoms with van der Waals surface area (Å²) < 4.78 is 0. The van der Waals surface area contributed by atoms with Crippen LogP contribution in [0.4, 0.5) is 17.1 Å². The summed E-state index contributed by atoms with van der Waals surface area (Å²) in [6, 6.07) is 46.3. The molecule has 0 bridgehead atoms. The summed E-state index contributed by atoms with van der Waals surface area (Å²) in [5, 5.41) is 5.11. The Labute approximate surface area is 298 Å². The van der Waals surface area contributed by atoms with E-state index in [0.717, 1.165) is 0 Å². The Kier molecular flexibility index (Phi) is 7.35. The van der Waals surface area contributed by atoms with Crippen molar-refractivity contribution >= 4 is 38.6 Å². The molecule has 0 heterocycles. The van der Waals surface area contributed by atoms with Gasteiger partial charge in [0, 0.05) is 17.1 Å². The van der Waals surface area contributed by atoms with Gasteiger partial charge in [0.2, 0.25) is 0 Å². The highest BCUT2D eigenvalue weighted by atomic mass is 15.1. The van der Waals surface area contributed by atoms with Crippen LogP contribution in [-0.4, -0.2) is 0 Å². The van der Waals surface area contributed by atoms with Gasteiger partial charge in [0.25, 0.3) is 0 Å². The van der Waals surface area contributed by atoms with Gasteiger partial charge in [-0.15, -0.1) is 0 Å². The van der Waals surface area contributed by atoms with Crippen LogP contribution in [0.5, 0.6) is 0 Å². The molecular weight excluding hydrogens is 603 g/mol. The van der Waals surface area contributed by atoms with Crippen LogP contribution in [0.25, 0.3) is 54.9 Å². The van der Waals surface area contributed by atoms with Gasteiger partial charge in [-0.2, -0.15) is 0 Å². The number of benzene rings is 7. The van der Waals surface area contributed by atoms with Crippen molar-refractivity contribution in [2.45, 2.75) is 73.1 Å². The van der Waals surface area contributed by atoms with Crippen LogP contribution in [0, 0.1) is 20.8 Å². The van der Waals surface area contributed by atoms with Gasteiger partial charge >= 0.3 is 0 Å². The van der Waals surface area contributed by atoms with Gasteiger partial charge in [-0.05, 0) is 181 Å². The fraction of sp³-hybridized carbons (Fsp3) is 0.224. The Morgan fingerprint density at radius 1 is 0.360 bits per heavy atom. The average molecular weight is 650 g/mol. The number of nitrogens with zero attached hydrogens (tertiary/aromatic N) is 1. The normalized spacial score (nSPS) is 12.5. The van der Waals surface area contributed by atoms with Crippen molar-refractivity contribution in [3.05, 3.63) is 149 Å². The highest BCUT2D eigenvalue weighted by Gasteiger charge is 2.25. The van der Waals surface area contributed by atoms with Crippen molar-refractivity contribution in [2.75, 3.05) is 4.90 Å². The zero-order valence-electron chi connectivity index (χ0n) is 31.0. The predicted molar refractivity (Wildman–Crippen MR) is 218 cm³/mol. The number of anilines is 3. The summed E-state index contributed by atoms with van der Waals surface area (Å²) in [4.78, 5) is 2.42. The lowest BCUT2D eigenvalue weighted by atomic mass is 9.77. The summed E-state index contributed by atoms with van der Waals surface area (Å²) in [6.07, 6.45) is 0. The molecule has 0 aromatic heterocycles. The van der Waals surface area contributed by atoms with Crippen LogP contribution in [0.1, 0.15) is 69.4 Å². The van der Waals surface area contributed by atoms with E-state index in [4.69, 9.17) is 0 Å². The van der Waals surface area contributed by atoms with E-state index in [-0.39, 0.29) is 10.8 Å². The van der Waals surface area contributed by atoms with Crippen molar-refractivity contribution in [3.8, 4) is 33.4 Å². The molecule has 1 nitrogen and oxygen atoms in total. The lowest BCUT2D eigenvalue weighted by Gasteiger charge is -2.29. The third-order valence-corrected chi connectivity index (χ3v) is 11.0. The van der Waals surface area contributed by atoms with Crippen LogP contribution in [0.3, 0.4) is 0 Å². The molecule has 0 amide bonds. The summed E-state index contributed by atoms with van der Waals surface area (Å²) in [5.74, 6) is 0. The van der Waals surface area contributed by atoms with E-state index < -0.39 is 0 Å². The average Bonchev–Trinajstić information content (AvgIpc) is 3.08. The van der Waals surface area contributed by atoms with Crippen molar-refractivity contribution < 1.29 is 0 Å². The van der Waals surface area contributed by atoms with Crippen LogP contribution >= 0.6 is 0 Å². The minimum absolute atomic E-state index is 0.105. The van der Waals surface area contributed by atoms with Gasteiger partial charge in [0.15, 0.2) is 0 Å². The van der Waals surface area contributed by atoms with Crippen LogP contribution in [0.2, 0.25) is 0 Å². The van der Waals surface area contributed by atoms with Gasteiger partial charge < -0.3 is 4.90 Å². The third kappa shape index (κ3) is 5.50. The van der Waals surface area contributed by atoms with Gasteiger partial charge in [-0.3, -0.25) is 0 Å². The first kappa shape index (κ1) is 32.1. The highest BCUT2D eigenvalue weighted by Crippen LogP contribution is 2.51. The minimum Gasteiger partial charge on any atom is -0.310 e. The monoisotopic (exact) mass is 649 g/mol. The first-order chi connectivity index (χ1) is 23.7. The Hall–Kier alpha value is -5.14. The molecular formula is C49H47N. The van der Waals surface area contributed by atoms with Gasteiger partial charge in [0.1, 0.15) is 0 Å². The number of hydrogen-bond acceptors (Lipinski definition) is 1. The summed E-state index contributed by atoms with van der Waals surface area (Å²) in [5.41, 5.74) is 18.4. The zero-order chi connectivity index (χ0) is 35.1. The quantitative estimate of drug-likeness (QED) is 0.183. The standard InChI is InChI=1S/C49H47N/c1-30-22-43(23-31(2)32(30)3)50(41-20-17-40(18-21-41)49(7,8)9)42-19-14-36-27-45-46-28-37-24-34(33-12-15-39(16-13-33)48(4,5)6)10-11-35(37)26-44(46)47(45)29-38(36)25-42/h10-29H,1-9H3. The first-order valence-electron chi connectivity index (χ1n) is 18.0. The van der Waals surface area contributed by atoms with E-state index in [0.29, 0.717) is 0 Å². The van der Waals surface area contributed by atoms with Crippen LogP contribution < -0.4 is 4.90 Å². The van der Waals surface area contributed by atoms with E-state index in [9.17, 15) is 0 Å². The number of rotatable bonds is 4. The Balaban J connectivity index is 1.18. The SMILES string of the molecule is Cc1cc(N(c2ccc(C(C)(C)C)cc2)c2ccc3cc4c(cc3c2)-c2cc3ccc(-c5ccc(C(C)(C)C)cc5)cc3cc2-4)cc(C)c1C. The molecule has 0 aliphatic heterocycles. The molecule has 0 radical (unpaired) electrons. The molecule has 0 saturated heterocycles. The molecule has 7 aromatic rings. The predicted octanol–water partition coefficient (Wildman–Crippen LogP) is 14.3. The summed E-state index contributed by atoms with van der Waals surface area (Å²) in [7, 11) is 0. The van der Waals surface area contributed by atoms with E-state index in [1.807, 2.05) is 0 Å². The molecule has 8 rings (SSSR count). The second-order valence-corrected chi connectivity index (χ2v) is 16.6. The lowest BCUT2D eigenvalue weighted by molar-refractivity contribution is 0.590. The van der Waals surface area contributed by atoms with Gasteiger partial charge in [-0.1, -0.05) is 96.1 Å². The largest absolute Gasteiger partial charge is 0.310 e. The van der Waals surface area contributed by atoms with Crippen molar-refractivity contribution in [3.63, 3.8) is 0 Å². The van der Waals surface area contributed by atoms with E-state index in [2.05, 4.69) is 189 Å². The molecule has 1 aliphatic carbocycles. The maximum Gasteiger partial charge on any atom is 0.0468 e. The smallest absolute Gasteiger partial charge is 0.0468 e. The lowest BCUT2D eigenvalue weighted by Crippen LogP contribution is -2.13. The second kappa shape index (κ2) is 11.5. The fourth-order valence-electron chi connectivity index (χ4n) is 7.59. The highest BCUT2D eigenvalue weighted by molar-refractivity contribution is 6.12. The summed E-state index contributed by atoms with van der Waals surface area (Å²) >= 11 is 0. The molecule has 1 aliphatic rings. The first-order valence-corrected chi connectivity index (χ1v) is 18.0. The molecule has 1 heteroatoms. The topological polar surface area (TPSA) is 3.24 Å². The molecule has 0 saturated carbocycles. The molecule has 0 atom stereocenters. The number of aryl methyl sites for hydroxylation is 2. The van der Waals surface area contributed by atoms with E-state index in [1.165, 1.54) is 99.8 Å². The van der Waals surface area contributed by atoms with Gasteiger partial charge in [-0.25, -0.2) is 0 Å².